The molecule has 11 atom stereocenters. The number of ether oxygens (including phenoxy) is 1. The summed E-state index contributed by atoms with van der Waals surface area (Å²) in [6.45, 7) is 6.31. The molecule has 6 heteroatoms. The molecule has 6 nitrogen and oxygen atoms in total. The number of methoxy groups -OCH3 is 1. The van der Waals surface area contributed by atoms with Gasteiger partial charge in [-0.3, -0.25) is 4.79 Å². The quantitative estimate of drug-likeness (QED) is 0.503. The Labute approximate surface area is 186 Å². The Balaban J connectivity index is 1.63. The number of hydrogen-bond acceptors (Lipinski definition) is 6. The van der Waals surface area contributed by atoms with Crippen LogP contribution in [-0.4, -0.2) is 57.4 Å². The largest absolute Gasteiger partial charge is 0.469 e. The summed E-state index contributed by atoms with van der Waals surface area (Å²) < 4.78 is 4.78. The van der Waals surface area contributed by atoms with Crippen LogP contribution >= 0.6 is 0 Å². The minimum atomic E-state index is -1.07. The number of carbonyl (C=O) groups is 1. The Bertz CT molecular complexity index is 697. The van der Waals surface area contributed by atoms with Crippen LogP contribution in [0.5, 0.6) is 0 Å². The number of aliphatic hydroxyl groups is 4. The molecule has 4 N–H and O–H groups in total. The second-order valence-corrected chi connectivity index (χ2v) is 11.7. The lowest BCUT2D eigenvalue weighted by Crippen LogP contribution is -2.66. The molecule has 0 aromatic rings. The van der Waals surface area contributed by atoms with Gasteiger partial charge in [0.1, 0.15) is 0 Å². The maximum absolute atomic E-state index is 12.0. The molecule has 0 radical (unpaired) electrons. The van der Waals surface area contributed by atoms with Gasteiger partial charge in [-0.05, 0) is 86.4 Å². The molecule has 0 aliphatic heterocycles. The summed E-state index contributed by atoms with van der Waals surface area (Å²) in [6.07, 6.45) is 4.51. The zero-order chi connectivity index (χ0) is 22.8. The van der Waals surface area contributed by atoms with Gasteiger partial charge < -0.3 is 25.2 Å². The van der Waals surface area contributed by atoms with E-state index in [9.17, 15) is 25.2 Å². The highest BCUT2D eigenvalue weighted by Crippen LogP contribution is 2.69. The summed E-state index contributed by atoms with van der Waals surface area (Å²) in [6, 6.07) is 0. The number of hydrogen-bond donors (Lipinski definition) is 4. The summed E-state index contributed by atoms with van der Waals surface area (Å²) in [7, 11) is 1.38. The molecular formula is C25H42O6. The first-order valence-electron chi connectivity index (χ1n) is 12.3. The highest BCUT2D eigenvalue weighted by molar-refractivity contribution is 5.69. The van der Waals surface area contributed by atoms with Gasteiger partial charge in [0.25, 0.3) is 0 Å². The molecule has 0 aromatic heterocycles. The van der Waals surface area contributed by atoms with Crippen LogP contribution in [0.1, 0.15) is 78.6 Å². The van der Waals surface area contributed by atoms with Crippen LogP contribution in [0.25, 0.3) is 0 Å². The predicted octanol–water partition coefficient (Wildman–Crippen LogP) is 2.65. The van der Waals surface area contributed by atoms with Crippen molar-refractivity contribution in [2.24, 2.45) is 40.4 Å². The molecule has 4 rings (SSSR count). The lowest BCUT2D eigenvalue weighted by Gasteiger charge is -2.64. The smallest absolute Gasteiger partial charge is 0.305 e. The van der Waals surface area contributed by atoms with Crippen molar-refractivity contribution in [2.45, 2.75) is 102 Å². The van der Waals surface area contributed by atoms with Crippen molar-refractivity contribution in [3.8, 4) is 0 Å². The van der Waals surface area contributed by atoms with E-state index >= 15 is 0 Å². The fourth-order valence-corrected chi connectivity index (χ4v) is 8.71. The summed E-state index contributed by atoms with van der Waals surface area (Å²) in [5.41, 5.74) is -1.76. The van der Waals surface area contributed by atoms with Crippen molar-refractivity contribution in [1.29, 1.82) is 0 Å². The number of fused-ring (bicyclic) bond motifs is 5. The van der Waals surface area contributed by atoms with Gasteiger partial charge in [-0.25, -0.2) is 0 Å². The zero-order valence-electron chi connectivity index (χ0n) is 19.6. The number of aliphatic hydroxyl groups excluding tert-OH is 3. The van der Waals surface area contributed by atoms with Gasteiger partial charge in [-0.1, -0.05) is 20.8 Å². The van der Waals surface area contributed by atoms with Crippen molar-refractivity contribution >= 4 is 5.97 Å². The molecule has 31 heavy (non-hydrogen) atoms. The highest BCUT2D eigenvalue weighted by Gasteiger charge is 2.70. The van der Waals surface area contributed by atoms with Crippen LogP contribution in [0.3, 0.4) is 0 Å². The van der Waals surface area contributed by atoms with E-state index in [0.717, 1.165) is 25.7 Å². The van der Waals surface area contributed by atoms with Crippen molar-refractivity contribution in [3.63, 3.8) is 0 Å². The van der Waals surface area contributed by atoms with E-state index in [1.165, 1.54) is 7.11 Å². The van der Waals surface area contributed by atoms with E-state index in [1.807, 2.05) is 13.8 Å². The fraction of sp³-hybridized carbons (Fsp3) is 0.960. The predicted molar refractivity (Wildman–Crippen MR) is 116 cm³/mol. The summed E-state index contributed by atoms with van der Waals surface area (Å²) in [5, 5.41) is 45.0. The third kappa shape index (κ3) is 3.31. The molecule has 4 saturated carbocycles. The van der Waals surface area contributed by atoms with Crippen LogP contribution in [0, 0.1) is 40.4 Å². The third-order valence-electron chi connectivity index (χ3n) is 10.8. The highest BCUT2D eigenvalue weighted by atomic mass is 16.5. The molecule has 0 amide bonds. The van der Waals surface area contributed by atoms with Gasteiger partial charge >= 0.3 is 5.97 Å². The fourth-order valence-electron chi connectivity index (χ4n) is 8.71. The van der Waals surface area contributed by atoms with Gasteiger partial charge in [0, 0.05) is 11.8 Å². The molecular weight excluding hydrogens is 396 g/mol. The Morgan fingerprint density at radius 2 is 1.77 bits per heavy atom. The lowest BCUT2D eigenvalue weighted by molar-refractivity contribution is -0.239. The number of esters is 1. The Kier molecular flexibility index (Phi) is 6.03. The van der Waals surface area contributed by atoms with Gasteiger partial charge in [0.15, 0.2) is 0 Å². The molecule has 4 fully saturated rings. The SMILES string of the molecule is COC(=O)CC[C@@H](C)[C@@]1(O)CC[C@H]2[C@@H]3[C@H](O)C[C@@H]4C[C@H](O)CC[C@]4(C)[C@H]3C[C@H](O)[C@@]21C. The molecule has 0 saturated heterocycles. The molecule has 178 valence electrons. The van der Waals surface area contributed by atoms with E-state index in [0.29, 0.717) is 25.7 Å². The van der Waals surface area contributed by atoms with Crippen LogP contribution in [0.15, 0.2) is 0 Å². The molecule has 0 bridgehead atoms. The summed E-state index contributed by atoms with van der Waals surface area (Å²) in [4.78, 5) is 11.7. The minimum Gasteiger partial charge on any atom is -0.469 e. The van der Waals surface area contributed by atoms with Crippen molar-refractivity contribution in [2.75, 3.05) is 7.11 Å². The van der Waals surface area contributed by atoms with Crippen LogP contribution in [0.2, 0.25) is 0 Å². The summed E-state index contributed by atoms with van der Waals surface area (Å²) >= 11 is 0. The Morgan fingerprint density at radius 3 is 2.45 bits per heavy atom. The average molecular weight is 439 g/mol. The average Bonchev–Trinajstić information content (AvgIpc) is 3.01. The number of rotatable bonds is 4. The van der Waals surface area contributed by atoms with E-state index in [2.05, 4.69) is 6.92 Å². The topological polar surface area (TPSA) is 107 Å². The van der Waals surface area contributed by atoms with Crippen LogP contribution < -0.4 is 0 Å². The number of carbonyl (C=O) groups excluding carboxylic acids is 1. The molecule has 0 spiro atoms. The summed E-state index contributed by atoms with van der Waals surface area (Å²) in [5.74, 6) is 0.165. The normalized spacial score (nSPS) is 52.6. The first kappa shape index (κ1) is 23.5. The minimum absolute atomic E-state index is 0.0165. The molecule has 4 aliphatic rings. The van der Waals surface area contributed by atoms with Crippen LogP contribution in [-0.2, 0) is 9.53 Å². The van der Waals surface area contributed by atoms with Gasteiger partial charge in [-0.15, -0.1) is 0 Å². The van der Waals surface area contributed by atoms with Crippen molar-refractivity contribution < 1.29 is 30.0 Å². The maximum Gasteiger partial charge on any atom is 0.305 e. The molecule has 0 aromatic carbocycles. The Hall–Kier alpha value is -0.690. The third-order valence-corrected chi connectivity index (χ3v) is 10.8. The molecule has 0 unspecified atom stereocenters. The first-order chi connectivity index (χ1) is 14.5. The molecule has 4 aliphatic carbocycles. The van der Waals surface area contributed by atoms with Gasteiger partial charge in [-0.2, -0.15) is 0 Å². The van der Waals surface area contributed by atoms with Crippen molar-refractivity contribution in [3.05, 3.63) is 0 Å². The van der Waals surface area contributed by atoms with Gasteiger partial charge in [0.05, 0.1) is 31.0 Å². The van der Waals surface area contributed by atoms with E-state index in [4.69, 9.17) is 4.74 Å². The van der Waals surface area contributed by atoms with Gasteiger partial charge in [0.2, 0.25) is 0 Å². The lowest BCUT2D eigenvalue weighted by atomic mass is 9.42. The zero-order valence-corrected chi connectivity index (χ0v) is 19.6. The van der Waals surface area contributed by atoms with E-state index < -0.39 is 23.2 Å². The Morgan fingerprint density at radius 1 is 1.06 bits per heavy atom. The maximum atomic E-state index is 12.0. The monoisotopic (exact) mass is 438 g/mol. The van der Waals surface area contributed by atoms with Crippen molar-refractivity contribution in [1.82, 2.24) is 0 Å². The standard InChI is InChI=1S/C25H42O6/c1-14(5-6-21(29)31-4)25(30)10-8-17-22-18(13-20(28)24(17,25)3)23(2)9-7-16(26)11-15(23)12-19(22)27/h14-20,22,26-28,30H,5-13H2,1-4H3/t14-,15+,16-,17+,18+,19-,20+,22+,23+,24-,25+/m1/s1. The second-order valence-electron chi connectivity index (χ2n) is 11.7. The van der Waals surface area contributed by atoms with E-state index in [-0.39, 0.29) is 53.5 Å². The molecule has 0 heterocycles. The van der Waals surface area contributed by atoms with E-state index in [1.54, 1.807) is 0 Å². The van der Waals surface area contributed by atoms with Crippen LogP contribution in [0.4, 0.5) is 0 Å². The second kappa shape index (κ2) is 7.96. The first-order valence-corrected chi connectivity index (χ1v) is 12.3.